The SMILES string of the molecule is CCCCOC(=O)C1CCCCC1C(=O)OC(C)C. The topological polar surface area (TPSA) is 52.6 Å². The molecular formula is C15H26O4. The van der Waals surface area contributed by atoms with Crippen LogP contribution >= 0.6 is 0 Å². The third-order valence-electron chi connectivity index (χ3n) is 3.47. The number of carbonyl (C=O) groups is 2. The number of unbranched alkanes of at least 4 members (excludes halogenated alkanes) is 1. The van der Waals surface area contributed by atoms with E-state index in [0.29, 0.717) is 6.61 Å². The van der Waals surface area contributed by atoms with Crippen LogP contribution in [0.5, 0.6) is 0 Å². The quantitative estimate of drug-likeness (QED) is 0.550. The number of esters is 2. The molecule has 1 rings (SSSR count). The molecular weight excluding hydrogens is 244 g/mol. The molecule has 1 fully saturated rings. The Labute approximate surface area is 115 Å². The highest BCUT2D eigenvalue weighted by molar-refractivity contribution is 5.82. The van der Waals surface area contributed by atoms with E-state index in [-0.39, 0.29) is 29.9 Å². The molecule has 19 heavy (non-hydrogen) atoms. The first-order valence-corrected chi connectivity index (χ1v) is 7.43. The minimum atomic E-state index is -0.315. The van der Waals surface area contributed by atoms with E-state index in [2.05, 4.69) is 6.92 Å². The molecule has 0 aromatic rings. The van der Waals surface area contributed by atoms with Crippen molar-refractivity contribution in [2.24, 2.45) is 11.8 Å². The molecule has 2 unspecified atom stereocenters. The van der Waals surface area contributed by atoms with Crippen LogP contribution in [0.25, 0.3) is 0 Å². The normalized spacial score (nSPS) is 23.2. The number of hydrogen-bond donors (Lipinski definition) is 0. The maximum atomic E-state index is 12.0. The third kappa shape index (κ3) is 5.21. The summed E-state index contributed by atoms with van der Waals surface area (Å²) in [5, 5.41) is 0. The fraction of sp³-hybridized carbons (Fsp3) is 0.867. The predicted molar refractivity (Wildman–Crippen MR) is 72.5 cm³/mol. The van der Waals surface area contributed by atoms with Crippen molar-refractivity contribution < 1.29 is 19.1 Å². The summed E-state index contributed by atoms with van der Waals surface area (Å²) >= 11 is 0. The standard InChI is InChI=1S/C15H26O4/c1-4-5-10-18-14(16)12-8-6-7-9-13(12)15(17)19-11(2)3/h11-13H,4-10H2,1-3H3. The Morgan fingerprint density at radius 2 is 1.68 bits per heavy atom. The Kier molecular flexibility index (Phi) is 6.89. The largest absolute Gasteiger partial charge is 0.465 e. The molecule has 110 valence electrons. The molecule has 0 spiro atoms. The van der Waals surface area contributed by atoms with Crippen molar-refractivity contribution in [1.29, 1.82) is 0 Å². The van der Waals surface area contributed by atoms with Crippen LogP contribution < -0.4 is 0 Å². The Morgan fingerprint density at radius 3 is 2.21 bits per heavy atom. The van der Waals surface area contributed by atoms with E-state index in [1.807, 2.05) is 13.8 Å². The summed E-state index contributed by atoms with van der Waals surface area (Å²) in [5.74, 6) is -1.09. The van der Waals surface area contributed by atoms with E-state index < -0.39 is 0 Å². The van der Waals surface area contributed by atoms with Crippen LogP contribution in [0.3, 0.4) is 0 Å². The molecule has 0 N–H and O–H groups in total. The smallest absolute Gasteiger partial charge is 0.310 e. The van der Waals surface area contributed by atoms with Gasteiger partial charge in [-0.3, -0.25) is 9.59 Å². The second kappa shape index (κ2) is 8.18. The van der Waals surface area contributed by atoms with Gasteiger partial charge in [0.2, 0.25) is 0 Å². The fourth-order valence-electron chi connectivity index (χ4n) is 2.44. The average Bonchev–Trinajstić information content (AvgIpc) is 2.38. The lowest BCUT2D eigenvalue weighted by Gasteiger charge is -2.28. The molecule has 0 heterocycles. The molecule has 0 aromatic carbocycles. The maximum absolute atomic E-state index is 12.0. The highest BCUT2D eigenvalue weighted by atomic mass is 16.5. The van der Waals surface area contributed by atoms with Crippen LogP contribution in [0.15, 0.2) is 0 Å². The van der Waals surface area contributed by atoms with Crippen molar-refractivity contribution >= 4 is 11.9 Å². The van der Waals surface area contributed by atoms with Crippen molar-refractivity contribution in [3.63, 3.8) is 0 Å². The molecule has 0 aromatic heterocycles. The molecule has 4 heteroatoms. The molecule has 0 aliphatic heterocycles. The van der Waals surface area contributed by atoms with Gasteiger partial charge in [-0.1, -0.05) is 26.2 Å². The molecule has 1 aliphatic carbocycles. The van der Waals surface area contributed by atoms with E-state index in [1.54, 1.807) is 0 Å². The molecule has 0 saturated heterocycles. The highest BCUT2D eigenvalue weighted by Crippen LogP contribution is 2.32. The summed E-state index contributed by atoms with van der Waals surface area (Å²) in [7, 11) is 0. The van der Waals surface area contributed by atoms with Crippen LogP contribution in [0.1, 0.15) is 59.3 Å². The van der Waals surface area contributed by atoms with Gasteiger partial charge in [0.1, 0.15) is 0 Å². The molecule has 2 atom stereocenters. The van der Waals surface area contributed by atoms with Crippen molar-refractivity contribution in [2.75, 3.05) is 6.61 Å². The van der Waals surface area contributed by atoms with Gasteiger partial charge in [0.05, 0.1) is 24.5 Å². The predicted octanol–water partition coefficient (Wildman–Crippen LogP) is 3.09. The van der Waals surface area contributed by atoms with Gasteiger partial charge in [-0.05, 0) is 33.1 Å². The van der Waals surface area contributed by atoms with Gasteiger partial charge in [0.15, 0.2) is 0 Å². The molecule has 4 nitrogen and oxygen atoms in total. The number of carbonyl (C=O) groups excluding carboxylic acids is 2. The van der Waals surface area contributed by atoms with Crippen molar-refractivity contribution in [3.05, 3.63) is 0 Å². The van der Waals surface area contributed by atoms with Crippen molar-refractivity contribution in [1.82, 2.24) is 0 Å². The van der Waals surface area contributed by atoms with E-state index >= 15 is 0 Å². The van der Waals surface area contributed by atoms with Gasteiger partial charge >= 0.3 is 11.9 Å². The zero-order valence-corrected chi connectivity index (χ0v) is 12.3. The molecule has 1 saturated carbocycles. The van der Waals surface area contributed by atoms with Gasteiger partial charge in [-0.25, -0.2) is 0 Å². The number of hydrogen-bond acceptors (Lipinski definition) is 4. The molecule has 0 bridgehead atoms. The van der Waals surface area contributed by atoms with Gasteiger partial charge in [-0.15, -0.1) is 0 Å². The van der Waals surface area contributed by atoms with E-state index in [4.69, 9.17) is 9.47 Å². The van der Waals surface area contributed by atoms with Gasteiger partial charge in [0.25, 0.3) is 0 Å². The van der Waals surface area contributed by atoms with Crippen LogP contribution in [0, 0.1) is 11.8 Å². The second-order valence-corrected chi connectivity index (χ2v) is 5.50. The summed E-state index contributed by atoms with van der Waals surface area (Å²) in [6.07, 6.45) is 5.18. The third-order valence-corrected chi connectivity index (χ3v) is 3.47. The van der Waals surface area contributed by atoms with Crippen LogP contribution in [0.2, 0.25) is 0 Å². The monoisotopic (exact) mass is 270 g/mol. The lowest BCUT2D eigenvalue weighted by atomic mass is 9.79. The Morgan fingerprint density at radius 1 is 1.11 bits per heavy atom. The molecule has 1 aliphatic rings. The Bertz CT molecular complexity index is 299. The zero-order valence-electron chi connectivity index (χ0n) is 12.3. The minimum absolute atomic E-state index is 0.133. The first kappa shape index (κ1) is 16.0. The number of ether oxygens (including phenoxy) is 2. The maximum Gasteiger partial charge on any atom is 0.310 e. The second-order valence-electron chi connectivity index (χ2n) is 5.50. The minimum Gasteiger partial charge on any atom is -0.465 e. The highest BCUT2D eigenvalue weighted by Gasteiger charge is 2.38. The van der Waals surface area contributed by atoms with Crippen LogP contribution in [-0.2, 0) is 19.1 Å². The summed E-state index contributed by atoms with van der Waals surface area (Å²) < 4.78 is 10.5. The first-order valence-electron chi connectivity index (χ1n) is 7.43. The van der Waals surface area contributed by atoms with Crippen LogP contribution in [0.4, 0.5) is 0 Å². The zero-order chi connectivity index (χ0) is 14.3. The average molecular weight is 270 g/mol. The van der Waals surface area contributed by atoms with E-state index in [1.165, 1.54) is 0 Å². The molecule has 0 amide bonds. The summed E-state index contributed by atoms with van der Waals surface area (Å²) in [6, 6.07) is 0. The van der Waals surface area contributed by atoms with Crippen molar-refractivity contribution in [2.45, 2.75) is 65.4 Å². The van der Waals surface area contributed by atoms with E-state index in [9.17, 15) is 9.59 Å². The summed E-state index contributed by atoms with van der Waals surface area (Å²) in [5.41, 5.74) is 0. The Balaban J connectivity index is 2.56. The lowest BCUT2D eigenvalue weighted by Crippen LogP contribution is -2.36. The van der Waals surface area contributed by atoms with Gasteiger partial charge < -0.3 is 9.47 Å². The lowest BCUT2D eigenvalue weighted by molar-refractivity contribution is -0.165. The van der Waals surface area contributed by atoms with Gasteiger partial charge in [0, 0.05) is 0 Å². The van der Waals surface area contributed by atoms with Gasteiger partial charge in [-0.2, -0.15) is 0 Å². The van der Waals surface area contributed by atoms with Crippen molar-refractivity contribution in [3.8, 4) is 0 Å². The summed E-state index contributed by atoms with van der Waals surface area (Å²) in [4.78, 5) is 24.1. The van der Waals surface area contributed by atoms with E-state index in [0.717, 1.165) is 38.5 Å². The summed E-state index contributed by atoms with van der Waals surface area (Å²) in [6.45, 7) is 6.17. The van der Waals surface area contributed by atoms with Crippen LogP contribution in [-0.4, -0.2) is 24.6 Å². The first-order chi connectivity index (χ1) is 9.06. The molecule has 0 radical (unpaired) electrons. The fourth-order valence-corrected chi connectivity index (χ4v) is 2.44. The number of rotatable bonds is 6. The Hall–Kier alpha value is -1.06.